The minimum Gasteiger partial charge on any atom is -0.375 e. The number of sulfonamides is 1. The molecule has 1 amide bonds. The van der Waals surface area contributed by atoms with Crippen molar-refractivity contribution in [3.8, 4) is 0 Å². The standard InChI is InChI=1S/C21H26ClN3O3S/c1-15-7-9-17(10-8-15)29(27,28)25-13-11-16(12-14-25)21(26)23-19-6-4-5-18(22)20(19)24(2)3/h4-10,16H,11-14H2,1-3H3,(H,23,26). The number of rotatable bonds is 5. The van der Waals surface area contributed by atoms with Gasteiger partial charge in [-0.15, -0.1) is 0 Å². The van der Waals surface area contributed by atoms with Crippen molar-refractivity contribution in [3.63, 3.8) is 0 Å². The number of nitrogens with zero attached hydrogens (tertiary/aromatic N) is 2. The van der Waals surface area contributed by atoms with Crippen molar-refractivity contribution in [2.45, 2.75) is 24.7 Å². The first-order valence-corrected chi connectivity index (χ1v) is 11.4. The number of hydrogen-bond acceptors (Lipinski definition) is 4. The Bertz CT molecular complexity index is 983. The molecule has 0 aliphatic carbocycles. The fraction of sp³-hybridized carbons (Fsp3) is 0.381. The van der Waals surface area contributed by atoms with E-state index in [1.165, 1.54) is 4.31 Å². The van der Waals surface area contributed by atoms with E-state index in [-0.39, 0.29) is 11.8 Å². The predicted octanol–water partition coefficient (Wildman–Crippen LogP) is 3.75. The molecule has 0 spiro atoms. The maximum Gasteiger partial charge on any atom is 0.243 e. The summed E-state index contributed by atoms with van der Waals surface area (Å²) in [7, 11) is 0.200. The fourth-order valence-corrected chi connectivity index (χ4v) is 5.34. The lowest BCUT2D eigenvalue weighted by molar-refractivity contribution is -0.120. The molecular weight excluding hydrogens is 410 g/mol. The van der Waals surface area contributed by atoms with E-state index in [1.54, 1.807) is 36.4 Å². The van der Waals surface area contributed by atoms with Gasteiger partial charge in [-0.3, -0.25) is 4.79 Å². The molecule has 1 heterocycles. The molecule has 1 N–H and O–H groups in total. The highest BCUT2D eigenvalue weighted by Gasteiger charge is 2.32. The van der Waals surface area contributed by atoms with Crippen LogP contribution < -0.4 is 10.2 Å². The smallest absolute Gasteiger partial charge is 0.243 e. The van der Waals surface area contributed by atoms with E-state index in [2.05, 4.69) is 5.32 Å². The summed E-state index contributed by atoms with van der Waals surface area (Å²) in [6.07, 6.45) is 0.962. The van der Waals surface area contributed by atoms with Crippen LogP contribution in [0.25, 0.3) is 0 Å². The quantitative estimate of drug-likeness (QED) is 0.776. The van der Waals surface area contributed by atoms with Gasteiger partial charge in [-0.05, 0) is 44.0 Å². The van der Waals surface area contributed by atoms with Crippen LogP contribution in [-0.4, -0.2) is 45.8 Å². The van der Waals surface area contributed by atoms with Crippen molar-refractivity contribution in [2.75, 3.05) is 37.4 Å². The molecule has 29 heavy (non-hydrogen) atoms. The number of piperidine rings is 1. The summed E-state index contributed by atoms with van der Waals surface area (Å²) in [6.45, 7) is 2.57. The van der Waals surface area contributed by atoms with E-state index in [4.69, 9.17) is 11.6 Å². The first-order valence-electron chi connectivity index (χ1n) is 9.53. The van der Waals surface area contributed by atoms with Gasteiger partial charge < -0.3 is 10.2 Å². The van der Waals surface area contributed by atoms with Crippen LogP contribution in [0.4, 0.5) is 11.4 Å². The average Bonchev–Trinajstić information content (AvgIpc) is 2.68. The highest BCUT2D eigenvalue weighted by molar-refractivity contribution is 7.89. The number of carbonyl (C=O) groups excluding carboxylic acids is 1. The van der Waals surface area contributed by atoms with Crippen LogP contribution in [0.5, 0.6) is 0 Å². The number of hydrogen-bond donors (Lipinski definition) is 1. The number of nitrogens with one attached hydrogen (secondary N) is 1. The molecule has 0 radical (unpaired) electrons. The highest BCUT2D eigenvalue weighted by atomic mass is 35.5. The van der Waals surface area contributed by atoms with Gasteiger partial charge in [0, 0.05) is 33.1 Å². The minimum absolute atomic E-state index is 0.109. The van der Waals surface area contributed by atoms with Crippen LogP contribution in [0.3, 0.4) is 0 Å². The molecule has 1 saturated heterocycles. The Morgan fingerprint density at radius 3 is 2.31 bits per heavy atom. The molecule has 0 unspecified atom stereocenters. The molecule has 8 heteroatoms. The van der Waals surface area contributed by atoms with Crippen LogP contribution in [0, 0.1) is 12.8 Å². The van der Waals surface area contributed by atoms with Gasteiger partial charge in [0.2, 0.25) is 15.9 Å². The van der Waals surface area contributed by atoms with Crippen LogP contribution in [0.15, 0.2) is 47.4 Å². The number of amides is 1. The van der Waals surface area contributed by atoms with Gasteiger partial charge in [0.05, 0.1) is 21.3 Å². The summed E-state index contributed by atoms with van der Waals surface area (Å²) in [5, 5.41) is 3.52. The molecule has 1 aliphatic rings. The molecule has 6 nitrogen and oxygen atoms in total. The molecule has 0 bridgehead atoms. The summed E-state index contributed by atoms with van der Waals surface area (Å²) in [4.78, 5) is 14.9. The Morgan fingerprint density at radius 1 is 1.10 bits per heavy atom. The zero-order valence-electron chi connectivity index (χ0n) is 16.9. The number of anilines is 2. The number of halogens is 1. The largest absolute Gasteiger partial charge is 0.375 e. The van der Waals surface area contributed by atoms with Gasteiger partial charge in [-0.2, -0.15) is 4.31 Å². The van der Waals surface area contributed by atoms with Crippen molar-refractivity contribution in [2.24, 2.45) is 5.92 Å². The summed E-state index contributed by atoms with van der Waals surface area (Å²) >= 11 is 6.26. The summed E-state index contributed by atoms with van der Waals surface area (Å²) in [5.41, 5.74) is 2.42. The second-order valence-electron chi connectivity index (χ2n) is 7.51. The number of para-hydroxylation sites is 1. The minimum atomic E-state index is -3.53. The zero-order valence-corrected chi connectivity index (χ0v) is 18.4. The van der Waals surface area contributed by atoms with Crippen molar-refractivity contribution >= 4 is 38.9 Å². The van der Waals surface area contributed by atoms with Crippen molar-refractivity contribution in [1.82, 2.24) is 4.31 Å². The molecule has 3 rings (SSSR count). The van der Waals surface area contributed by atoms with Gasteiger partial charge >= 0.3 is 0 Å². The third-order valence-electron chi connectivity index (χ3n) is 5.18. The Kier molecular flexibility index (Phi) is 6.51. The topological polar surface area (TPSA) is 69.7 Å². The fourth-order valence-electron chi connectivity index (χ4n) is 3.52. The molecule has 0 atom stereocenters. The molecular formula is C21H26ClN3O3S. The van der Waals surface area contributed by atoms with E-state index in [0.717, 1.165) is 11.3 Å². The molecule has 1 aliphatic heterocycles. The maximum absolute atomic E-state index is 12.8. The molecule has 156 valence electrons. The van der Waals surface area contributed by atoms with E-state index in [9.17, 15) is 13.2 Å². The van der Waals surface area contributed by atoms with Crippen LogP contribution in [-0.2, 0) is 14.8 Å². The first kappa shape index (κ1) is 21.6. The molecule has 0 saturated carbocycles. The second kappa shape index (κ2) is 8.73. The van der Waals surface area contributed by atoms with Gasteiger partial charge in [0.25, 0.3) is 0 Å². The zero-order chi connectivity index (χ0) is 21.2. The van der Waals surface area contributed by atoms with Gasteiger partial charge in [-0.1, -0.05) is 35.4 Å². The average molecular weight is 436 g/mol. The summed E-state index contributed by atoms with van der Waals surface area (Å²) in [5.74, 6) is -0.351. The van der Waals surface area contributed by atoms with Crippen LogP contribution in [0.2, 0.25) is 5.02 Å². The Morgan fingerprint density at radius 2 is 1.72 bits per heavy atom. The predicted molar refractivity (Wildman–Crippen MR) is 117 cm³/mol. The van der Waals surface area contributed by atoms with Crippen molar-refractivity contribution in [3.05, 3.63) is 53.1 Å². The number of aryl methyl sites for hydroxylation is 1. The summed E-state index contributed by atoms with van der Waals surface area (Å²) in [6, 6.07) is 12.2. The molecule has 2 aromatic carbocycles. The lowest BCUT2D eigenvalue weighted by atomic mass is 9.97. The van der Waals surface area contributed by atoms with E-state index < -0.39 is 10.0 Å². The van der Waals surface area contributed by atoms with E-state index in [1.807, 2.05) is 32.0 Å². The summed E-state index contributed by atoms with van der Waals surface area (Å²) < 4.78 is 27.1. The van der Waals surface area contributed by atoms with Crippen molar-refractivity contribution in [1.29, 1.82) is 0 Å². The maximum atomic E-state index is 12.8. The van der Waals surface area contributed by atoms with Gasteiger partial charge in [0.15, 0.2) is 0 Å². The van der Waals surface area contributed by atoms with E-state index >= 15 is 0 Å². The Labute approximate surface area is 177 Å². The molecule has 0 aromatic heterocycles. The van der Waals surface area contributed by atoms with Crippen LogP contribution in [0.1, 0.15) is 18.4 Å². The van der Waals surface area contributed by atoms with Gasteiger partial charge in [0.1, 0.15) is 0 Å². The third kappa shape index (κ3) is 4.74. The number of benzene rings is 2. The van der Waals surface area contributed by atoms with Gasteiger partial charge in [-0.25, -0.2) is 8.42 Å². The monoisotopic (exact) mass is 435 g/mol. The first-order chi connectivity index (χ1) is 13.7. The van der Waals surface area contributed by atoms with Crippen LogP contribution >= 0.6 is 11.6 Å². The highest BCUT2D eigenvalue weighted by Crippen LogP contribution is 2.33. The Balaban J connectivity index is 1.66. The SMILES string of the molecule is Cc1ccc(S(=O)(=O)N2CCC(C(=O)Nc3cccc(Cl)c3N(C)C)CC2)cc1. The molecule has 1 fully saturated rings. The second-order valence-corrected chi connectivity index (χ2v) is 9.86. The molecule has 2 aromatic rings. The number of carbonyl (C=O) groups is 1. The lowest BCUT2D eigenvalue weighted by Gasteiger charge is -2.31. The third-order valence-corrected chi connectivity index (χ3v) is 7.39. The lowest BCUT2D eigenvalue weighted by Crippen LogP contribution is -2.41. The van der Waals surface area contributed by atoms with E-state index in [0.29, 0.717) is 41.5 Å². The normalized spacial score (nSPS) is 15.9. The van der Waals surface area contributed by atoms with Crippen molar-refractivity contribution < 1.29 is 13.2 Å². The Hall–Kier alpha value is -2.09.